The predicted octanol–water partition coefficient (Wildman–Crippen LogP) is 5.58. The van der Waals surface area contributed by atoms with Crippen molar-refractivity contribution in [2.45, 2.75) is 76.0 Å². The Kier molecular flexibility index (Phi) is 5.07. The second-order valence-electron chi connectivity index (χ2n) is 9.85. The largest absolute Gasteiger partial charge is 0.478 e. The summed E-state index contributed by atoms with van der Waals surface area (Å²) in [4.78, 5) is 31.6. The summed E-state index contributed by atoms with van der Waals surface area (Å²) in [6.45, 7) is 0. The number of carbonyl (C=O) groups excluding carboxylic acids is 1. The molecule has 33 heavy (non-hydrogen) atoms. The van der Waals surface area contributed by atoms with Gasteiger partial charge in [-0.1, -0.05) is 0 Å². The van der Waals surface area contributed by atoms with Crippen molar-refractivity contribution in [2.75, 3.05) is 0 Å². The maximum absolute atomic E-state index is 14.2. The van der Waals surface area contributed by atoms with Crippen LogP contribution in [0.15, 0.2) is 11.1 Å². The Bertz CT molecular complexity index is 1190. The van der Waals surface area contributed by atoms with Crippen molar-refractivity contribution in [1.82, 2.24) is 9.36 Å². The predicted molar refractivity (Wildman–Crippen MR) is 121 cm³/mol. The van der Waals surface area contributed by atoms with E-state index >= 15 is 0 Å². The van der Waals surface area contributed by atoms with Gasteiger partial charge in [0.1, 0.15) is 10.8 Å². The van der Waals surface area contributed by atoms with Gasteiger partial charge in [-0.05, 0) is 73.9 Å². The number of carbonyl (C=O) groups is 2. The van der Waals surface area contributed by atoms with E-state index in [-0.39, 0.29) is 43.3 Å². The van der Waals surface area contributed by atoms with Crippen LogP contribution in [0, 0.1) is 11.8 Å². The molecule has 2 heterocycles. The van der Waals surface area contributed by atoms with Gasteiger partial charge in [0.25, 0.3) is 5.92 Å². The molecule has 7 rings (SSSR count). The SMILES string of the molecule is O=C(O)C1=C(C(=O)Cc2sc3c(c2-c2nc(C4CC4)ns2)CCC(F)(F)C3)C2CCC1CC2. The summed E-state index contributed by atoms with van der Waals surface area (Å²) in [7, 11) is 0. The van der Waals surface area contributed by atoms with Crippen LogP contribution in [0.2, 0.25) is 0 Å². The lowest BCUT2D eigenvalue weighted by molar-refractivity contribution is -0.134. The number of thiophene rings is 1. The first kappa shape index (κ1) is 21.5. The van der Waals surface area contributed by atoms with E-state index in [0.29, 0.717) is 26.9 Å². The van der Waals surface area contributed by atoms with Crippen molar-refractivity contribution in [1.29, 1.82) is 0 Å². The molecular weight excluding hydrogens is 466 g/mol. The second kappa shape index (κ2) is 7.77. The third-order valence-electron chi connectivity index (χ3n) is 7.61. The van der Waals surface area contributed by atoms with E-state index in [4.69, 9.17) is 4.98 Å². The highest BCUT2D eigenvalue weighted by molar-refractivity contribution is 7.14. The lowest BCUT2D eigenvalue weighted by Crippen LogP contribution is -2.34. The topological polar surface area (TPSA) is 80.1 Å². The third-order valence-corrected chi connectivity index (χ3v) is 9.59. The molecule has 2 fully saturated rings. The van der Waals surface area contributed by atoms with Gasteiger partial charge >= 0.3 is 5.97 Å². The molecule has 2 bridgehead atoms. The van der Waals surface area contributed by atoms with Gasteiger partial charge in [0, 0.05) is 51.6 Å². The van der Waals surface area contributed by atoms with Crippen LogP contribution < -0.4 is 0 Å². The third kappa shape index (κ3) is 3.77. The molecule has 0 unspecified atom stereocenters. The maximum atomic E-state index is 14.2. The Morgan fingerprint density at radius 3 is 2.36 bits per heavy atom. The Morgan fingerprint density at radius 2 is 1.70 bits per heavy atom. The zero-order valence-electron chi connectivity index (χ0n) is 18.0. The standard InChI is InChI=1S/C24H24F2N2O3S2/c25-24(26)8-7-14-17(10-24)32-16(20(14)22-27-21(28-33-22)13-5-6-13)9-15(29)18-11-1-3-12(4-2-11)19(18)23(30)31/h11-13H,1-10H2,(H,30,31). The number of fused-ring (bicyclic) bond motifs is 3. The van der Waals surface area contributed by atoms with E-state index < -0.39 is 11.9 Å². The first-order valence-corrected chi connectivity index (χ1v) is 13.3. The number of halogens is 2. The molecule has 5 aliphatic rings. The summed E-state index contributed by atoms with van der Waals surface area (Å²) in [6, 6.07) is 0. The number of carboxylic acid groups (broad SMARTS) is 1. The molecular formula is C24H24F2N2O3S2. The molecule has 0 amide bonds. The van der Waals surface area contributed by atoms with Gasteiger partial charge in [0.15, 0.2) is 5.78 Å². The van der Waals surface area contributed by atoms with Gasteiger partial charge in [-0.2, -0.15) is 4.37 Å². The van der Waals surface area contributed by atoms with E-state index in [0.717, 1.165) is 60.4 Å². The summed E-state index contributed by atoms with van der Waals surface area (Å²) >= 11 is 2.57. The lowest BCUT2D eigenvalue weighted by Gasteiger charge is -2.38. The molecule has 9 heteroatoms. The normalized spacial score (nSPS) is 25.9. The number of aromatic nitrogens is 2. The number of hydrogen-bond acceptors (Lipinski definition) is 6. The van der Waals surface area contributed by atoms with Crippen molar-refractivity contribution in [3.05, 3.63) is 32.3 Å². The molecule has 2 aromatic rings. The second-order valence-corrected chi connectivity index (χ2v) is 11.8. The van der Waals surface area contributed by atoms with Gasteiger partial charge in [0.2, 0.25) is 0 Å². The van der Waals surface area contributed by atoms with Crippen molar-refractivity contribution in [2.24, 2.45) is 11.8 Å². The van der Waals surface area contributed by atoms with Crippen molar-refractivity contribution in [3.63, 3.8) is 0 Å². The van der Waals surface area contributed by atoms with Crippen LogP contribution in [0.25, 0.3) is 10.6 Å². The quantitative estimate of drug-likeness (QED) is 0.572. The Hall–Kier alpha value is -2.00. The molecule has 0 spiro atoms. The first-order chi connectivity index (χ1) is 15.8. The van der Waals surface area contributed by atoms with Gasteiger partial charge < -0.3 is 5.11 Å². The molecule has 5 nitrogen and oxygen atoms in total. The zero-order valence-corrected chi connectivity index (χ0v) is 19.7. The number of rotatable bonds is 6. The molecule has 5 aliphatic carbocycles. The fourth-order valence-electron chi connectivity index (χ4n) is 5.84. The summed E-state index contributed by atoms with van der Waals surface area (Å²) < 4.78 is 32.9. The number of nitrogens with zero attached hydrogens (tertiary/aromatic N) is 2. The number of carboxylic acids is 1. The van der Waals surface area contributed by atoms with Crippen molar-refractivity contribution < 1.29 is 23.5 Å². The summed E-state index contributed by atoms with van der Waals surface area (Å²) in [5, 5.41) is 10.5. The minimum Gasteiger partial charge on any atom is -0.478 e. The van der Waals surface area contributed by atoms with Gasteiger partial charge in [-0.15, -0.1) is 11.3 Å². The Labute approximate surface area is 198 Å². The van der Waals surface area contributed by atoms with E-state index in [1.165, 1.54) is 22.9 Å². The minimum atomic E-state index is -2.74. The average Bonchev–Trinajstić information content (AvgIpc) is 3.42. The Balaban J connectivity index is 1.40. The van der Waals surface area contributed by atoms with Crippen LogP contribution in [0.1, 0.15) is 72.0 Å². The van der Waals surface area contributed by atoms with Crippen molar-refractivity contribution >= 4 is 34.6 Å². The summed E-state index contributed by atoms with van der Waals surface area (Å²) in [6.07, 6.45) is 5.29. The van der Waals surface area contributed by atoms with E-state index in [2.05, 4.69) is 4.37 Å². The van der Waals surface area contributed by atoms with E-state index in [1.807, 2.05) is 0 Å². The van der Waals surface area contributed by atoms with Gasteiger partial charge in [-0.25, -0.2) is 18.6 Å². The Morgan fingerprint density at radius 1 is 1.03 bits per heavy atom. The molecule has 0 atom stereocenters. The highest BCUT2D eigenvalue weighted by Crippen LogP contribution is 2.49. The number of Topliss-reactive ketones (excluding diaryl/α,β-unsaturated/α-hetero) is 1. The number of allylic oxidation sites excluding steroid dienone is 1. The van der Waals surface area contributed by atoms with Crippen LogP contribution in [-0.2, 0) is 28.9 Å². The van der Waals surface area contributed by atoms with Crippen LogP contribution in [0.5, 0.6) is 0 Å². The maximum Gasteiger partial charge on any atom is 0.332 e. The van der Waals surface area contributed by atoms with Crippen LogP contribution in [0.3, 0.4) is 0 Å². The fourth-order valence-corrected chi connectivity index (χ4v) is 8.18. The van der Waals surface area contributed by atoms with Gasteiger partial charge in [-0.3, -0.25) is 4.79 Å². The first-order valence-electron chi connectivity index (χ1n) is 11.7. The van der Waals surface area contributed by atoms with Crippen molar-refractivity contribution in [3.8, 4) is 10.6 Å². The highest BCUT2D eigenvalue weighted by atomic mass is 32.1. The van der Waals surface area contributed by atoms with E-state index in [9.17, 15) is 23.5 Å². The number of hydrogen-bond donors (Lipinski definition) is 1. The molecule has 0 radical (unpaired) electrons. The monoisotopic (exact) mass is 490 g/mol. The molecule has 0 aromatic carbocycles. The molecule has 0 saturated heterocycles. The van der Waals surface area contributed by atoms with Gasteiger partial charge in [0.05, 0.1) is 0 Å². The lowest BCUT2D eigenvalue weighted by atomic mass is 9.65. The molecule has 0 aliphatic heterocycles. The number of aliphatic carboxylic acids is 1. The molecule has 2 aromatic heterocycles. The zero-order chi connectivity index (χ0) is 22.9. The summed E-state index contributed by atoms with van der Waals surface area (Å²) in [5.41, 5.74) is 2.46. The summed E-state index contributed by atoms with van der Waals surface area (Å²) in [5.74, 6) is -2.74. The minimum absolute atomic E-state index is 0.000955. The fraction of sp³-hybridized carbons (Fsp3) is 0.583. The molecule has 1 N–H and O–H groups in total. The van der Waals surface area contributed by atoms with Crippen LogP contribution in [0.4, 0.5) is 8.78 Å². The smallest absolute Gasteiger partial charge is 0.332 e. The van der Waals surface area contributed by atoms with Crippen LogP contribution >= 0.6 is 22.9 Å². The number of ketones is 1. The van der Waals surface area contributed by atoms with Crippen LogP contribution in [-0.4, -0.2) is 32.1 Å². The molecule has 2 saturated carbocycles. The molecule has 174 valence electrons. The van der Waals surface area contributed by atoms with E-state index in [1.54, 1.807) is 0 Å². The average molecular weight is 491 g/mol. The number of alkyl halides is 2. The highest BCUT2D eigenvalue weighted by Gasteiger charge is 2.42.